The Balaban J connectivity index is 1.83. The lowest BCUT2D eigenvalue weighted by Crippen LogP contribution is -2.67. The van der Waals surface area contributed by atoms with Crippen LogP contribution in [0.3, 0.4) is 0 Å². The van der Waals surface area contributed by atoms with Gasteiger partial charge in [0.2, 0.25) is 0 Å². The molecule has 2 aliphatic rings. The first-order valence-corrected chi connectivity index (χ1v) is 8.29. The highest BCUT2D eigenvalue weighted by Gasteiger charge is 2.66. The smallest absolute Gasteiger partial charge is 0.424 e. The van der Waals surface area contributed by atoms with Gasteiger partial charge in [-0.25, -0.2) is 4.79 Å². The van der Waals surface area contributed by atoms with E-state index in [0.29, 0.717) is 13.1 Å². The predicted octanol–water partition coefficient (Wildman–Crippen LogP) is 4.01. The number of hydrogen-bond acceptors (Lipinski definition) is 3. The number of piperidine rings is 1. The van der Waals surface area contributed by atoms with Crippen molar-refractivity contribution in [3.8, 4) is 11.5 Å². The third-order valence-corrected chi connectivity index (χ3v) is 4.45. The van der Waals surface area contributed by atoms with Crippen LogP contribution in [0.4, 0.5) is 18.0 Å². The van der Waals surface area contributed by atoms with E-state index in [1.54, 1.807) is 0 Å². The van der Waals surface area contributed by atoms with E-state index in [2.05, 4.69) is 0 Å². The number of hydrogen-bond donors (Lipinski definition) is 1. The summed E-state index contributed by atoms with van der Waals surface area (Å²) in [6.07, 6.45) is -4.06. The third-order valence-electron chi connectivity index (χ3n) is 4.21. The van der Waals surface area contributed by atoms with Crippen molar-refractivity contribution in [1.82, 2.24) is 10.2 Å². The number of halogens is 4. The van der Waals surface area contributed by atoms with Crippen LogP contribution >= 0.6 is 11.6 Å². The molecule has 2 amide bonds. The number of nitrogens with zero attached hydrogens (tertiary/aromatic N) is 1. The average Bonchev–Trinajstić information content (AvgIpc) is 2.84. The molecule has 9 heteroatoms. The number of nitrogens with one attached hydrogen (secondary N) is 1. The van der Waals surface area contributed by atoms with Gasteiger partial charge in [0, 0.05) is 24.2 Å². The van der Waals surface area contributed by atoms with Crippen LogP contribution in [-0.2, 0) is 0 Å². The molecule has 3 rings (SSSR count). The molecular weight excluding hydrogens is 361 g/mol. The van der Waals surface area contributed by atoms with Crippen LogP contribution < -0.4 is 14.8 Å². The number of likely N-dealkylation sites (tertiary alicyclic amines) is 1. The molecule has 1 aromatic rings. The lowest BCUT2D eigenvalue weighted by atomic mass is 9.92. The summed E-state index contributed by atoms with van der Waals surface area (Å²) in [5.74, 6) is -3.16. The monoisotopic (exact) mass is 378 g/mol. The fourth-order valence-corrected chi connectivity index (χ4v) is 3.42. The van der Waals surface area contributed by atoms with Crippen molar-refractivity contribution in [3.05, 3.63) is 23.2 Å². The fraction of sp³-hybridized carbons (Fsp3) is 0.562. The average molecular weight is 379 g/mol. The molecule has 138 valence electrons. The molecule has 2 aliphatic heterocycles. The molecular formula is C16H18ClF3N2O3. The summed E-state index contributed by atoms with van der Waals surface area (Å²) in [5, 5.41) is 2.08. The molecule has 0 aliphatic carbocycles. The summed E-state index contributed by atoms with van der Waals surface area (Å²) in [4.78, 5) is 13.8. The summed E-state index contributed by atoms with van der Waals surface area (Å²) in [6.45, 7) is 4.66. The summed E-state index contributed by atoms with van der Waals surface area (Å²) in [5.41, 5.74) is 0. The van der Waals surface area contributed by atoms with Gasteiger partial charge in [-0.3, -0.25) is 5.32 Å². The molecule has 0 bridgehead atoms. The summed E-state index contributed by atoms with van der Waals surface area (Å²) in [7, 11) is 0. The number of benzene rings is 1. The zero-order valence-corrected chi connectivity index (χ0v) is 14.4. The zero-order chi connectivity index (χ0) is 18.4. The number of carbonyl (C=O) groups excluding carboxylic acids is 1. The van der Waals surface area contributed by atoms with Gasteiger partial charge in [-0.15, -0.1) is 0 Å². The van der Waals surface area contributed by atoms with Crippen molar-refractivity contribution < 1.29 is 27.4 Å². The Bertz CT molecular complexity index is 675. The topological polar surface area (TPSA) is 50.8 Å². The molecule has 2 heterocycles. The molecule has 5 nitrogen and oxygen atoms in total. The minimum Gasteiger partial charge on any atom is -0.424 e. The molecule has 0 saturated carbocycles. The van der Waals surface area contributed by atoms with E-state index in [4.69, 9.17) is 21.1 Å². The molecule has 0 radical (unpaired) electrons. The highest BCUT2D eigenvalue weighted by atomic mass is 35.5. The molecule has 3 atom stereocenters. The van der Waals surface area contributed by atoms with Gasteiger partial charge in [-0.05, 0) is 30.4 Å². The molecule has 3 unspecified atom stereocenters. The van der Waals surface area contributed by atoms with Gasteiger partial charge in [0.25, 0.3) is 0 Å². The van der Waals surface area contributed by atoms with E-state index in [0.717, 1.165) is 6.42 Å². The normalized spacial score (nSPS) is 28.8. The Morgan fingerprint density at radius 3 is 2.44 bits per heavy atom. The largest absolute Gasteiger partial charge is 0.492 e. The second kappa shape index (κ2) is 6.16. The van der Waals surface area contributed by atoms with E-state index in [-0.39, 0.29) is 28.4 Å². The van der Waals surface area contributed by atoms with Crippen LogP contribution in [0.5, 0.6) is 11.5 Å². The maximum atomic E-state index is 13.6. The second-order valence-corrected chi connectivity index (χ2v) is 7.13. The highest BCUT2D eigenvalue weighted by molar-refractivity contribution is 6.30. The van der Waals surface area contributed by atoms with E-state index in [1.807, 2.05) is 19.2 Å². The highest BCUT2D eigenvalue weighted by Crippen LogP contribution is 2.46. The quantitative estimate of drug-likeness (QED) is 0.803. The van der Waals surface area contributed by atoms with E-state index in [1.165, 1.54) is 23.1 Å². The number of urea groups is 1. The van der Waals surface area contributed by atoms with Gasteiger partial charge in [-0.1, -0.05) is 25.4 Å². The van der Waals surface area contributed by atoms with Gasteiger partial charge >= 0.3 is 18.1 Å². The number of amides is 2. The van der Waals surface area contributed by atoms with Crippen molar-refractivity contribution in [3.63, 3.8) is 0 Å². The van der Waals surface area contributed by atoms with Crippen molar-refractivity contribution in [2.24, 2.45) is 11.8 Å². The zero-order valence-electron chi connectivity index (χ0n) is 13.7. The van der Waals surface area contributed by atoms with Crippen LogP contribution in [0.1, 0.15) is 20.3 Å². The lowest BCUT2D eigenvalue weighted by Gasteiger charge is -2.37. The molecule has 1 fully saturated rings. The van der Waals surface area contributed by atoms with Gasteiger partial charge in [-0.2, -0.15) is 13.2 Å². The van der Waals surface area contributed by atoms with E-state index >= 15 is 0 Å². The van der Waals surface area contributed by atoms with Crippen molar-refractivity contribution in [2.45, 2.75) is 32.4 Å². The van der Waals surface area contributed by atoms with Crippen LogP contribution in [0.25, 0.3) is 0 Å². The fourth-order valence-electron chi connectivity index (χ4n) is 3.26. The van der Waals surface area contributed by atoms with Crippen LogP contribution in [0, 0.1) is 11.8 Å². The second-order valence-electron chi connectivity index (χ2n) is 6.69. The Hall–Kier alpha value is -1.83. The van der Waals surface area contributed by atoms with Crippen LogP contribution in [-0.4, -0.2) is 36.1 Å². The number of carbonyl (C=O) groups is 1. The third kappa shape index (κ3) is 3.44. The SMILES string of the molecule is CC1CC(C)CN(C(=O)NC2(C(F)(F)F)Oc3ccc(Cl)cc3O2)C1. The lowest BCUT2D eigenvalue weighted by molar-refractivity contribution is -0.318. The maximum absolute atomic E-state index is 13.6. The van der Waals surface area contributed by atoms with Gasteiger partial charge in [0.1, 0.15) is 0 Å². The number of fused-ring (bicyclic) bond motifs is 1. The predicted molar refractivity (Wildman–Crippen MR) is 84.5 cm³/mol. The molecule has 1 N–H and O–H groups in total. The Kier molecular flexibility index (Phi) is 4.43. The van der Waals surface area contributed by atoms with E-state index < -0.39 is 18.1 Å². The standard InChI is InChI=1S/C16H18ClF3N2O3/c1-9-5-10(2)8-22(7-9)14(23)21-16(15(18,19)20)24-12-4-3-11(17)6-13(12)25-16/h3-4,6,9-10H,5,7-8H2,1-2H3,(H,21,23). The van der Waals surface area contributed by atoms with Crippen molar-refractivity contribution in [2.75, 3.05) is 13.1 Å². The van der Waals surface area contributed by atoms with Crippen LogP contribution in [0.2, 0.25) is 5.02 Å². The van der Waals surface area contributed by atoms with Crippen molar-refractivity contribution >= 4 is 17.6 Å². The molecule has 1 saturated heterocycles. The Morgan fingerprint density at radius 2 is 1.84 bits per heavy atom. The summed E-state index contributed by atoms with van der Waals surface area (Å²) >= 11 is 5.78. The maximum Gasteiger partial charge on any atom is 0.492 e. The number of alkyl halides is 3. The first-order valence-electron chi connectivity index (χ1n) is 7.91. The Labute approximate surface area is 148 Å². The number of ether oxygens (including phenoxy) is 2. The minimum atomic E-state index is -4.98. The first kappa shape index (κ1) is 18.0. The first-order chi connectivity index (χ1) is 11.6. The summed E-state index contributed by atoms with van der Waals surface area (Å²) < 4.78 is 50.9. The van der Waals surface area contributed by atoms with Crippen LogP contribution in [0.15, 0.2) is 18.2 Å². The molecule has 0 aromatic heterocycles. The summed E-state index contributed by atoms with van der Waals surface area (Å²) in [6, 6.07) is 2.98. The molecule has 25 heavy (non-hydrogen) atoms. The van der Waals surface area contributed by atoms with Gasteiger partial charge in [0.15, 0.2) is 11.5 Å². The van der Waals surface area contributed by atoms with Crippen molar-refractivity contribution in [1.29, 1.82) is 0 Å². The van der Waals surface area contributed by atoms with Gasteiger partial charge in [0.05, 0.1) is 0 Å². The van der Waals surface area contributed by atoms with Gasteiger partial charge < -0.3 is 14.4 Å². The Morgan fingerprint density at radius 1 is 1.24 bits per heavy atom. The minimum absolute atomic E-state index is 0.137. The number of rotatable bonds is 1. The molecule has 1 aromatic carbocycles. The molecule has 0 spiro atoms. The van der Waals surface area contributed by atoms with E-state index in [9.17, 15) is 18.0 Å².